The van der Waals surface area contributed by atoms with Gasteiger partial charge in [0.2, 0.25) is 0 Å². The monoisotopic (exact) mass is 477 g/mol. The third-order valence-electron chi connectivity index (χ3n) is 4.81. The zero-order valence-electron chi connectivity index (χ0n) is 18.2. The van der Waals surface area contributed by atoms with E-state index in [0.29, 0.717) is 58.3 Å². The highest BCUT2D eigenvalue weighted by Gasteiger charge is 2.19. The Kier molecular flexibility index (Phi) is 8.96. The number of carbonyl (C=O) groups excluding carboxylic acids is 1. The summed E-state index contributed by atoms with van der Waals surface area (Å²) in [6, 6.07) is 10.3. The van der Waals surface area contributed by atoms with Crippen LogP contribution in [0.3, 0.4) is 0 Å². The molecule has 0 saturated carbocycles. The van der Waals surface area contributed by atoms with Crippen molar-refractivity contribution < 1.29 is 19.0 Å². The summed E-state index contributed by atoms with van der Waals surface area (Å²) in [6.45, 7) is 6.05. The Morgan fingerprint density at radius 2 is 1.78 bits per heavy atom. The van der Waals surface area contributed by atoms with E-state index < -0.39 is 0 Å². The van der Waals surface area contributed by atoms with Crippen LogP contribution < -0.4 is 25.4 Å². The van der Waals surface area contributed by atoms with Crippen LogP contribution in [0.4, 0.5) is 11.4 Å². The molecule has 0 bridgehead atoms. The first kappa shape index (κ1) is 24.1. The number of thiocarbonyl (C=S) groups is 1. The molecule has 32 heavy (non-hydrogen) atoms. The summed E-state index contributed by atoms with van der Waals surface area (Å²) >= 11 is 11.6. The molecule has 0 radical (unpaired) electrons. The first-order valence-electron chi connectivity index (χ1n) is 10.7. The second kappa shape index (κ2) is 11.9. The Balaban J connectivity index is 1.80. The van der Waals surface area contributed by atoms with Crippen LogP contribution in [0, 0.1) is 0 Å². The van der Waals surface area contributed by atoms with Gasteiger partial charge >= 0.3 is 0 Å². The van der Waals surface area contributed by atoms with Gasteiger partial charge in [-0.15, -0.1) is 0 Å². The lowest BCUT2D eigenvalue weighted by atomic mass is 10.2. The van der Waals surface area contributed by atoms with Crippen LogP contribution in [0.15, 0.2) is 36.4 Å². The van der Waals surface area contributed by atoms with Crippen molar-refractivity contribution >= 4 is 46.2 Å². The molecular formula is C23H28ClN3O4S. The molecule has 0 spiro atoms. The smallest absolute Gasteiger partial charge is 0.257 e. The molecule has 1 unspecified atom stereocenters. The molecule has 172 valence electrons. The molecule has 3 rings (SSSR count). The lowest BCUT2D eigenvalue weighted by molar-refractivity contribution is 0.102. The number of benzene rings is 2. The standard InChI is InChI=1S/C23H28ClN3O4S/c1-3-29-20-13-19(27-23(32)25-14-15-8-7-11-31-15)21(30-4-2)12-18(20)26-22(28)16-9-5-6-10-17(16)24/h5-6,9-10,12-13,15H,3-4,7-8,11,14H2,1-2H3,(H,26,28)(H2,25,27,32). The van der Waals surface area contributed by atoms with E-state index >= 15 is 0 Å². The minimum Gasteiger partial charge on any atom is -0.492 e. The fourth-order valence-corrected chi connectivity index (χ4v) is 3.73. The molecule has 1 amide bonds. The van der Waals surface area contributed by atoms with Crippen LogP contribution >= 0.6 is 23.8 Å². The van der Waals surface area contributed by atoms with Crippen molar-refractivity contribution in [2.45, 2.75) is 32.8 Å². The summed E-state index contributed by atoms with van der Waals surface area (Å²) in [5, 5.41) is 10.0. The van der Waals surface area contributed by atoms with Gasteiger partial charge in [-0.1, -0.05) is 23.7 Å². The van der Waals surface area contributed by atoms with Crippen molar-refractivity contribution in [3.05, 3.63) is 47.0 Å². The van der Waals surface area contributed by atoms with E-state index in [1.54, 1.807) is 36.4 Å². The van der Waals surface area contributed by atoms with Crippen LogP contribution in [0.5, 0.6) is 11.5 Å². The molecule has 3 N–H and O–H groups in total. The summed E-state index contributed by atoms with van der Waals surface area (Å²) in [4.78, 5) is 12.8. The fraction of sp³-hybridized carbons (Fsp3) is 0.391. The topological polar surface area (TPSA) is 80.8 Å². The van der Waals surface area contributed by atoms with Gasteiger partial charge in [0.1, 0.15) is 11.5 Å². The highest BCUT2D eigenvalue weighted by molar-refractivity contribution is 7.80. The number of nitrogens with one attached hydrogen (secondary N) is 3. The van der Waals surface area contributed by atoms with Crippen molar-refractivity contribution in [3.8, 4) is 11.5 Å². The Bertz CT molecular complexity index is 951. The third kappa shape index (κ3) is 6.48. The second-order valence-electron chi connectivity index (χ2n) is 7.11. The van der Waals surface area contributed by atoms with Gasteiger partial charge < -0.3 is 30.2 Å². The highest BCUT2D eigenvalue weighted by atomic mass is 35.5. The van der Waals surface area contributed by atoms with E-state index in [-0.39, 0.29) is 12.0 Å². The minimum absolute atomic E-state index is 0.169. The van der Waals surface area contributed by atoms with Gasteiger partial charge in [0.25, 0.3) is 5.91 Å². The maximum Gasteiger partial charge on any atom is 0.257 e. The number of ether oxygens (including phenoxy) is 3. The molecule has 1 saturated heterocycles. The van der Waals surface area contributed by atoms with Crippen LogP contribution in [0.1, 0.15) is 37.0 Å². The van der Waals surface area contributed by atoms with E-state index in [1.807, 2.05) is 13.8 Å². The summed E-state index contributed by atoms with van der Waals surface area (Å²) < 4.78 is 17.2. The molecule has 1 fully saturated rings. The normalized spacial score (nSPS) is 15.2. The van der Waals surface area contributed by atoms with Gasteiger partial charge in [-0.2, -0.15) is 0 Å². The van der Waals surface area contributed by atoms with Crippen molar-refractivity contribution in [1.29, 1.82) is 0 Å². The molecule has 2 aromatic carbocycles. The fourth-order valence-electron chi connectivity index (χ4n) is 3.32. The molecule has 0 aliphatic carbocycles. The van der Waals surface area contributed by atoms with Crippen LogP contribution in [-0.2, 0) is 4.74 Å². The lowest BCUT2D eigenvalue weighted by Crippen LogP contribution is -2.34. The Labute approximate surface area is 198 Å². The average Bonchev–Trinajstić information content (AvgIpc) is 3.29. The largest absolute Gasteiger partial charge is 0.492 e. The highest BCUT2D eigenvalue weighted by Crippen LogP contribution is 2.37. The van der Waals surface area contributed by atoms with Crippen LogP contribution in [0.2, 0.25) is 5.02 Å². The van der Waals surface area contributed by atoms with Crippen molar-refractivity contribution in [1.82, 2.24) is 5.32 Å². The molecule has 7 nitrogen and oxygen atoms in total. The number of rotatable bonds is 9. The quantitative estimate of drug-likeness (QED) is 0.445. The summed E-state index contributed by atoms with van der Waals surface area (Å²) in [6.07, 6.45) is 2.26. The van der Waals surface area contributed by atoms with E-state index in [2.05, 4.69) is 16.0 Å². The van der Waals surface area contributed by atoms with Gasteiger partial charge in [0.15, 0.2) is 5.11 Å². The number of hydrogen-bond acceptors (Lipinski definition) is 5. The van der Waals surface area contributed by atoms with E-state index in [0.717, 1.165) is 19.4 Å². The van der Waals surface area contributed by atoms with Gasteiger partial charge in [-0.05, 0) is 51.0 Å². The third-order valence-corrected chi connectivity index (χ3v) is 5.39. The molecule has 0 aromatic heterocycles. The van der Waals surface area contributed by atoms with Crippen molar-refractivity contribution in [2.24, 2.45) is 0 Å². The molecule has 9 heteroatoms. The summed E-state index contributed by atoms with van der Waals surface area (Å²) in [7, 11) is 0. The zero-order chi connectivity index (χ0) is 22.9. The molecule has 1 atom stereocenters. The molecular weight excluding hydrogens is 450 g/mol. The van der Waals surface area contributed by atoms with Gasteiger partial charge in [0.05, 0.1) is 41.3 Å². The predicted octanol–water partition coefficient (Wildman–Crippen LogP) is 4.86. The maximum absolute atomic E-state index is 12.8. The average molecular weight is 478 g/mol. The minimum atomic E-state index is -0.339. The van der Waals surface area contributed by atoms with Crippen LogP contribution in [0.25, 0.3) is 0 Å². The SMILES string of the molecule is CCOc1cc(NC(=S)NCC2CCCO2)c(OCC)cc1NC(=O)c1ccccc1Cl. The van der Waals surface area contributed by atoms with E-state index in [1.165, 1.54) is 0 Å². The zero-order valence-corrected chi connectivity index (χ0v) is 19.8. The van der Waals surface area contributed by atoms with Gasteiger partial charge in [-0.25, -0.2) is 0 Å². The molecule has 1 heterocycles. The van der Waals surface area contributed by atoms with Gasteiger partial charge in [0, 0.05) is 25.3 Å². The Hall–Kier alpha value is -2.55. The first-order chi connectivity index (χ1) is 15.5. The summed E-state index contributed by atoms with van der Waals surface area (Å²) in [5.74, 6) is 0.681. The van der Waals surface area contributed by atoms with Crippen LogP contribution in [-0.4, -0.2) is 43.5 Å². The van der Waals surface area contributed by atoms with E-state index in [9.17, 15) is 4.79 Å². The molecule has 1 aliphatic heterocycles. The Morgan fingerprint density at radius 1 is 1.12 bits per heavy atom. The molecule has 1 aliphatic rings. The van der Waals surface area contributed by atoms with Crippen molar-refractivity contribution in [3.63, 3.8) is 0 Å². The van der Waals surface area contributed by atoms with Crippen molar-refractivity contribution in [2.75, 3.05) is 37.0 Å². The Morgan fingerprint density at radius 3 is 2.38 bits per heavy atom. The number of halogens is 1. The lowest BCUT2D eigenvalue weighted by Gasteiger charge is -2.19. The first-order valence-corrected chi connectivity index (χ1v) is 11.5. The summed E-state index contributed by atoms with van der Waals surface area (Å²) in [5.41, 5.74) is 1.48. The maximum atomic E-state index is 12.8. The number of carbonyl (C=O) groups is 1. The van der Waals surface area contributed by atoms with Gasteiger partial charge in [-0.3, -0.25) is 4.79 Å². The number of hydrogen-bond donors (Lipinski definition) is 3. The number of amides is 1. The predicted molar refractivity (Wildman–Crippen MR) is 131 cm³/mol. The number of anilines is 2. The second-order valence-corrected chi connectivity index (χ2v) is 7.93. The molecule has 2 aromatic rings. The van der Waals surface area contributed by atoms with E-state index in [4.69, 9.17) is 38.0 Å².